The van der Waals surface area contributed by atoms with Crippen LogP contribution in [0.5, 0.6) is 0 Å². The molecule has 0 saturated carbocycles. The van der Waals surface area contributed by atoms with E-state index in [-0.39, 0.29) is 17.3 Å². The third-order valence-corrected chi connectivity index (χ3v) is 3.93. The first kappa shape index (κ1) is 16.2. The van der Waals surface area contributed by atoms with Gasteiger partial charge in [-0.3, -0.25) is 10.1 Å². The van der Waals surface area contributed by atoms with Crippen molar-refractivity contribution in [3.8, 4) is 0 Å². The predicted molar refractivity (Wildman–Crippen MR) is 90.2 cm³/mol. The van der Waals surface area contributed by atoms with Crippen LogP contribution in [0.1, 0.15) is 11.1 Å². The smallest absolute Gasteiger partial charge is 0.363 e. The first-order chi connectivity index (χ1) is 11.4. The third kappa shape index (κ3) is 3.29. The van der Waals surface area contributed by atoms with E-state index in [1.807, 2.05) is 0 Å². The number of aliphatic imine (C=N–C) groups is 1. The highest BCUT2D eigenvalue weighted by Crippen LogP contribution is 2.26. The fourth-order valence-corrected chi connectivity index (χ4v) is 2.31. The van der Waals surface area contributed by atoms with E-state index < -0.39 is 10.9 Å². The fraction of sp³-hybridized carbons (Fsp3) is 0. The first-order valence-electron chi connectivity index (χ1n) is 6.66. The van der Waals surface area contributed by atoms with Crippen molar-refractivity contribution in [2.75, 3.05) is 0 Å². The maximum absolute atomic E-state index is 11.9. The molecule has 0 saturated heterocycles. The van der Waals surface area contributed by atoms with Gasteiger partial charge in [-0.2, -0.15) is 0 Å². The number of ether oxygens (including phenoxy) is 1. The van der Waals surface area contributed by atoms with Crippen LogP contribution in [0.25, 0.3) is 6.08 Å². The average Bonchev–Trinajstić information content (AvgIpc) is 2.91. The summed E-state index contributed by atoms with van der Waals surface area (Å²) in [6.45, 7) is 0. The van der Waals surface area contributed by atoms with Gasteiger partial charge in [0.25, 0.3) is 5.69 Å². The largest absolute Gasteiger partial charge is 0.402 e. The van der Waals surface area contributed by atoms with Crippen molar-refractivity contribution in [3.63, 3.8) is 0 Å². The zero-order valence-electron chi connectivity index (χ0n) is 11.9. The van der Waals surface area contributed by atoms with Crippen LogP contribution >= 0.6 is 23.2 Å². The number of nitrogens with zero attached hydrogens (tertiary/aromatic N) is 2. The van der Waals surface area contributed by atoms with E-state index in [1.165, 1.54) is 30.3 Å². The molecule has 1 aliphatic rings. The Kier molecular flexibility index (Phi) is 4.33. The molecule has 8 heteroatoms. The van der Waals surface area contributed by atoms with Crippen LogP contribution in [0, 0.1) is 10.1 Å². The molecule has 0 spiro atoms. The number of carbonyl (C=O) groups excluding carboxylic acids is 1. The summed E-state index contributed by atoms with van der Waals surface area (Å²) < 4.78 is 5.12. The van der Waals surface area contributed by atoms with E-state index in [0.29, 0.717) is 21.2 Å². The molecule has 0 aliphatic carbocycles. The number of rotatable bonds is 3. The van der Waals surface area contributed by atoms with Crippen LogP contribution in [-0.2, 0) is 9.53 Å². The quantitative estimate of drug-likeness (QED) is 0.353. The topological polar surface area (TPSA) is 81.8 Å². The molecule has 24 heavy (non-hydrogen) atoms. The zero-order chi connectivity index (χ0) is 17.3. The molecule has 0 unspecified atom stereocenters. The Morgan fingerprint density at radius 2 is 1.79 bits per heavy atom. The second kappa shape index (κ2) is 6.43. The molecule has 120 valence electrons. The first-order valence-corrected chi connectivity index (χ1v) is 7.42. The molecule has 6 nitrogen and oxygen atoms in total. The molecule has 2 aromatic rings. The molecule has 1 heterocycles. The lowest BCUT2D eigenvalue weighted by molar-refractivity contribution is -0.384. The zero-order valence-corrected chi connectivity index (χ0v) is 13.4. The van der Waals surface area contributed by atoms with Crippen molar-refractivity contribution in [2.45, 2.75) is 0 Å². The number of halogens is 2. The van der Waals surface area contributed by atoms with Gasteiger partial charge in [0.2, 0.25) is 5.90 Å². The van der Waals surface area contributed by atoms with Gasteiger partial charge < -0.3 is 4.74 Å². The summed E-state index contributed by atoms with van der Waals surface area (Å²) in [6, 6.07) is 10.5. The van der Waals surface area contributed by atoms with Gasteiger partial charge in [0.05, 0.1) is 15.0 Å². The highest BCUT2D eigenvalue weighted by atomic mass is 35.5. The lowest BCUT2D eigenvalue weighted by Crippen LogP contribution is -2.05. The van der Waals surface area contributed by atoms with E-state index in [2.05, 4.69) is 4.99 Å². The number of benzene rings is 2. The summed E-state index contributed by atoms with van der Waals surface area (Å²) in [5, 5.41) is 11.3. The molecule has 0 amide bonds. The van der Waals surface area contributed by atoms with Gasteiger partial charge in [-0.1, -0.05) is 23.2 Å². The second-order valence-corrected chi connectivity index (χ2v) is 5.63. The van der Waals surface area contributed by atoms with E-state index in [9.17, 15) is 14.9 Å². The van der Waals surface area contributed by atoms with Gasteiger partial charge in [0.15, 0.2) is 5.70 Å². The molecule has 0 radical (unpaired) electrons. The standard InChI is InChI=1S/C16H8Cl2N2O4/c17-12-6-3-10(8-13(12)18)15-19-14(16(21)24-15)7-9-1-4-11(5-2-9)20(22)23/h1-8H/b14-7-. The van der Waals surface area contributed by atoms with Crippen LogP contribution in [0.4, 0.5) is 5.69 Å². The molecule has 3 rings (SSSR count). The van der Waals surface area contributed by atoms with E-state index in [4.69, 9.17) is 27.9 Å². The third-order valence-electron chi connectivity index (χ3n) is 3.19. The van der Waals surface area contributed by atoms with Crippen molar-refractivity contribution in [2.24, 2.45) is 4.99 Å². The monoisotopic (exact) mass is 362 g/mol. The van der Waals surface area contributed by atoms with E-state index >= 15 is 0 Å². The van der Waals surface area contributed by atoms with Gasteiger partial charge in [0, 0.05) is 17.7 Å². The van der Waals surface area contributed by atoms with Crippen molar-refractivity contribution < 1.29 is 14.5 Å². The number of nitro groups is 1. The highest BCUT2D eigenvalue weighted by Gasteiger charge is 2.24. The summed E-state index contributed by atoms with van der Waals surface area (Å²) in [4.78, 5) is 26.2. The van der Waals surface area contributed by atoms with Gasteiger partial charge in [-0.15, -0.1) is 0 Å². The molecule has 1 aliphatic heterocycles. The van der Waals surface area contributed by atoms with Crippen molar-refractivity contribution in [1.82, 2.24) is 0 Å². The Bertz CT molecular complexity index is 905. The summed E-state index contributed by atoms with van der Waals surface area (Å²) in [6.07, 6.45) is 1.48. The van der Waals surface area contributed by atoms with Crippen LogP contribution in [-0.4, -0.2) is 16.8 Å². The number of carbonyl (C=O) groups is 1. The predicted octanol–water partition coefficient (Wildman–Crippen LogP) is 4.25. The fourth-order valence-electron chi connectivity index (χ4n) is 2.01. The molecule has 2 aromatic carbocycles. The molecule has 0 bridgehead atoms. The van der Waals surface area contributed by atoms with Gasteiger partial charge in [-0.25, -0.2) is 9.79 Å². The Hall–Kier alpha value is -2.70. The van der Waals surface area contributed by atoms with Crippen LogP contribution in [0.15, 0.2) is 53.2 Å². The van der Waals surface area contributed by atoms with E-state index in [1.54, 1.807) is 18.2 Å². The minimum Gasteiger partial charge on any atom is -0.402 e. The van der Waals surface area contributed by atoms with Crippen molar-refractivity contribution in [1.29, 1.82) is 0 Å². The Morgan fingerprint density at radius 1 is 1.08 bits per heavy atom. The number of nitro benzene ring substituents is 1. The Balaban J connectivity index is 1.90. The van der Waals surface area contributed by atoms with Gasteiger partial charge in [-0.05, 0) is 42.0 Å². The number of non-ortho nitro benzene ring substituents is 1. The highest BCUT2D eigenvalue weighted by molar-refractivity contribution is 6.42. The number of cyclic esters (lactones) is 1. The van der Waals surface area contributed by atoms with Gasteiger partial charge in [0.1, 0.15) is 0 Å². The molecule has 0 atom stereocenters. The van der Waals surface area contributed by atoms with Crippen LogP contribution in [0.3, 0.4) is 0 Å². The summed E-state index contributed by atoms with van der Waals surface area (Å²) in [5.41, 5.74) is 1.16. The lowest BCUT2D eigenvalue weighted by atomic mass is 10.2. The normalized spacial score (nSPS) is 15.3. The van der Waals surface area contributed by atoms with Crippen molar-refractivity contribution >= 4 is 46.8 Å². The van der Waals surface area contributed by atoms with Crippen LogP contribution < -0.4 is 0 Å². The van der Waals surface area contributed by atoms with Crippen molar-refractivity contribution in [3.05, 3.63) is 79.4 Å². The minimum atomic E-state index is -0.616. The lowest BCUT2D eigenvalue weighted by Gasteiger charge is -2.01. The Labute approximate surface area is 146 Å². The summed E-state index contributed by atoms with van der Waals surface area (Å²) in [7, 11) is 0. The average molecular weight is 363 g/mol. The molecular formula is C16H8Cl2N2O4. The number of hydrogen-bond acceptors (Lipinski definition) is 5. The molecule has 0 aromatic heterocycles. The molecular weight excluding hydrogens is 355 g/mol. The van der Waals surface area contributed by atoms with E-state index in [0.717, 1.165) is 0 Å². The molecule has 0 fully saturated rings. The maximum Gasteiger partial charge on any atom is 0.363 e. The Morgan fingerprint density at radius 3 is 2.42 bits per heavy atom. The SMILES string of the molecule is O=C1OC(c2ccc(Cl)c(Cl)c2)=N/C1=C\c1ccc([N+](=O)[O-])cc1. The second-order valence-electron chi connectivity index (χ2n) is 4.81. The van der Waals surface area contributed by atoms with Crippen LogP contribution in [0.2, 0.25) is 10.0 Å². The van der Waals surface area contributed by atoms with Gasteiger partial charge >= 0.3 is 5.97 Å². The maximum atomic E-state index is 11.9. The summed E-state index contributed by atoms with van der Waals surface area (Å²) in [5.74, 6) is -0.499. The summed E-state index contributed by atoms with van der Waals surface area (Å²) >= 11 is 11.8. The molecule has 0 N–H and O–H groups in total. The minimum absolute atomic E-state index is 0.0360. The number of hydrogen-bond donors (Lipinski definition) is 0. The number of esters is 1.